The minimum atomic E-state index is 0.625. The van der Waals surface area contributed by atoms with Crippen molar-refractivity contribution >= 4 is 6.85 Å². The third kappa shape index (κ3) is 6.02. The lowest BCUT2D eigenvalue weighted by molar-refractivity contribution is 0.746. The van der Waals surface area contributed by atoms with E-state index in [1.54, 1.807) is 0 Å². The fourth-order valence-corrected chi connectivity index (χ4v) is 0.667. The van der Waals surface area contributed by atoms with Gasteiger partial charge in [0.15, 0.2) is 0 Å². The number of hydrogen-bond acceptors (Lipinski definition) is 1. The Labute approximate surface area is 46.6 Å². The highest BCUT2D eigenvalue weighted by molar-refractivity contribution is 6.52. The molecule has 0 spiro atoms. The average molecular weight is 99.0 g/mol. The molecule has 0 aliphatic heterocycles. The topological polar surface area (TPSA) is 12.0 Å². The van der Waals surface area contributed by atoms with Crippen molar-refractivity contribution < 1.29 is 0 Å². The van der Waals surface area contributed by atoms with Gasteiger partial charge in [0.2, 0.25) is 6.85 Å². The van der Waals surface area contributed by atoms with Gasteiger partial charge >= 0.3 is 0 Å². The second-order valence-corrected chi connectivity index (χ2v) is 2.48. The molecule has 0 aromatic heterocycles. The zero-order valence-electron chi connectivity index (χ0n) is 5.65. The second kappa shape index (κ2) is 3.08. The van der Waals surface area contributed by atoms with E-state index < -0.39 is 0 Å². The van der Waals surface area contributed by atoms with Crippen LogP contribution in [-0.4, -0.2) is 12.9 Å². The smallest absolute Gasteiger partial charge is 0.214 e. The zero-order chi connectivity index (χ0) is 5.86. The largest absolute Gasteiger partial charge is 0.354 e. The maximum atomic E-state index is 3.31. The van der Waals surface area contributed by atoms with Crippen molar-refractivity contribution in [2.24, 2.45) is 0 Å². The monoisotopic (exact) mass is 99.1 g/mol. The van der Waals surface area contributed by atoms with Gasteiger partial charge in [0, 0.05) is 0 Å². The molecule has 0 aliphatic rings. The first-order valence-corrected chi connectivity index (χ1v) is 2.89. The summed E-state index contributed by atoms with van der Waals surface area (Å²) in [5.41, 5.74) is 0. The molecule has 0 bridgehead atoms. The molecule has 0 fully saturated rings. The molecule has 0 heterocycles. The highest BCUT2D eigenvalue weighted by Gasteiger charge is 1.97. The molecule has 1 nitrogen and oxygen atoms in total. The van der Waals surface area contributed by atoms with Gasteiger partial charge in [-0.3, -0.25) is 0 Å². The van der Waals surface area contributed by atoms with E-state index in [-0.39, 0.29) is 0 Å². The van der Waals surface area contributed by atoms with Crippen molar-refractivity contribution in [2.45, 2.75) is 33.5 Å². The first-order chi connectivity index (χ1) is 3.13. The maximum Gasteiger partial charge on any atom is 0.214 e. The summed E-state index contributed by atoms with van der Waals surface area (Å²) >= 11 is 0. The lowest BCUT2D eigenvalue weighted by atomic mass is 9.68. The Kier molecular flexibility index (Phi) is 3.09. The molecule has 42 valence electrons. The molecule has 0 saturated heterocycles. The van der Waals surface area contributed by atoms with E-state index >= 15 is 0 Å². The van der Waals surface area contributed by atoms with Gasteiger partial charge in [0.1, 0.15) is 0 Å². The van der Waals surface area contributed by atoms with Crippen molar-refractivity contribution in [2.75, 3.05) is 0 Å². The third-order valence-corrected chi connectivity index (χ3v) is 0.667. The summed E-state index contributed by atoms with van der Waals surface area (Å²) in [7, 11) is 0. The molecule has 0 aromatic carbocycles. The fraction of sp³-hybridized carbons (Fsp3) is 1.00. The molecule has 0 saturated carbocycles. The molecule has 0 atom stereocenters. The summed E-state index contributed by atoms with van der Waals surface area (Å²) in [6.07, 6.45) is 0. The Balaban J connectivity index is 2.95. The van der Waals surface area contributed by atoms with E-state index in [1.807, 2.05) is 0 Å². The molecular formula is C5H14BN. The summed E-state index contributed by atoms with van der Waals surface area (Å²) in [6.45, 7) is 9.24. The summed E-state index contributed by atoms with van der Waals surface area (Å²) in [5.74, 6) is 0. The SMILES string of the molecule is CB(C)NC(C)C. The fourth-order valence-electron chi connectivity index (χ4n) is 0.667. The maximum absolute atomic E-state index is 3.31. The normalized spacial score (nSPS) is 9.86. The predicted molar refractivity (Wildman–Crippen MR) is 35.8 cm³/mol. The first-order valence-electron chi connectivity index (χ1n) is 2.89. The Morgan fingerprint density at radius 1 is 1.29 bits per heavy atom. The average Bonchev–Trinajstić information content (AvgIpc) is 1.27. The Morgan fingerprint density at radius 3 is 1.71 bits per heavy atom. The summed E-state index contributed by atoms with van der Waals surface area (Å²) in [4.78, 5) is 0. The molecular weight excluding hydrogens is 84.9 g/mol. The molecule has 1 N–H and O–H groups in total. The van der Waals surface area contributed by atoms with Gasteiger partial charge in [-0.2, -0.15) is 0 Å². The zero-order valence-corrected chi connectivity index (χ0v) is 5.65. The van der Waals surface area contributed by atoms with Crippen molar-refractivity contribution in [1.29, 1.82) is 0 Å². The van der Waals surface area contributed by atoms with Crippen LogP contribution >= 0.6 is 0 Å². The van der Waals surface area contributed by atoms with Crippen molar-refractivity contribution in [3.8, 4) is 0 Å². The predicted octanol–water partition coefficient (Wildman–Crippen LogP) is 1.24. The van der Waals surface area contributed by atoms with Crippen molar-refractivity contribution in [3.63, 3.8) is 0 Å². The standard InChI is InChI=1S/C5H14BN/c1-5(2)7-6(3)4/h5,7H,1-4H3. The lowest BCUT2D eigenvalue weighted by Crippen LogP contribution is -2.33. The Morgan fingerprint density at radius 2 is 1.71 bits per heavy atom. The van der Waals surface area contributed by atoms with Crippen LogP contribution in [0.25, 0.3) is 0 Å². The molecule has 0 unspecified atom stereocenters. The van der Waals surface area contributed by atoms with Gasteiger partial charge in [0.05, 0.1) is 0 Å². The highest BCUT2D eigenvalue weighted by atomic mass is 14.8. The number of hydrogen-bond donors (Lipinski definition) is 1. The third-order valence-electron chi connectivity index (χ3n) is 0.667. The number of nitrogens with one attached hydrogen (secondary N) is 1. The van der Waals surface area contributed by atoms with Gasteiger partial charge in [-0.15, -0.1) is 0 Å². The summed E-state index contributed by atoms with van der Waals surface area (Å²) in [6, 6.07) is 0.625. The molecule has 0 aliphatic carbocycles. The molecule has 7 heavy (non-hydrogen) atoms. The van der Waals surface area contributed by atoms with E-state index in [1.165, 1.54) is 0 Å². The van der Waals surface area contributed by atoms with Crippen LogP contribution in [0.2, 0.25) is 13.6 Å². The molecule has 2 heteroatoms. The van der Waals surface area contributed by atoms with Crippen LogP contribution in [0.15, 0.2) is 0 Å². The van der Waals surface area contributed by atoms with E-state index in [2.05, 4.69) is 32.7 Å². The highest BCUT2D eigenvalue weighted by Crippen LogP contribution is 1.78. The van der Waals surface area contributed by atoms with Crippen LogP contribution in [0.3, 0.4) is 0 Å². The van der Waals surface area contributed by atoms with Crippen LogP contribution in [0.4, 0.5) is 0 Å². The van der Waals surface area contributed by atoms with Gasteiger partial charge in [-0.05, 0) is 6.04 Å². The quantitative estimate of drug-likeness (QED) is 0.513. The molecule has 0 rings (SSSR count). The van der Waals surface area contributed by atoms with Crippen LogP contribution in [-0.2, 0) is 0 Å². The molecule has 0 radical (unpaired) electrons. The van der Waals surface area contributed by atoms with E-state index in [9.17, 15) is 0 Å². The van der Waals surface area contributed by atoms with E-state index in [4.69, 9.17) is 0 Å². The Bertz CT molecular complexity index is 37.3. The molecule has 0 aromatic rings. The first kappa shape index (κ1) is 7.02. The van der Waals surface area contributed by atoms with Crippen molar-refractivity contribution in [3.05, 3.63) is 0 Å². The minimum absolute atomic E-state index is 0.625. The van der Waals surface area contributed by atoms with E-state index in [0.29, 0.717) is 12.9 Å². The van der Waals surface area contributed by atoms with Crippen LogP contribution in [0.1, 0.15) is 13.8 Å². The molecule has 0 amide bonds. The summed E-state index contributed by atoms with van der Waals surface area (Å²) in [5, 5.41) is 3.31. The van der Waals surface area contributed by atoms with Gasteiger partial charge in [0.25, 0.3) is 0 Å². The Hall–Kier alpha value is 0.0249. The van der Waals surface area contributed by atoms with Gasteiger partial charge < -0.3 is 5.23 Å². The van der Waals surface area contributed by atoms with Crippen LogP contribution in [0, 0.1) is 0 Å². The number of rotatable bonds is 2. The van der Waals surface area contributed by atoms with Crippen LogP contribution in [0.5, 0.6) is 0 Å². The van der Waals surface area contributed by atoms with E-state index in [0.717, 1.165) is 0 Å². The summed E-state index contributed by atoms with van der Waals surface area (Å²) < 4.78 is 0. The van der Waals surface area contributed by atoms with Crippen LogP contribution < -0.4 is 5.23 Å². The van der Waals surface area contributed by atoms with Gasteiger partial charge in [-0.25, -0.2) is 0 Å². The van der Waals surface area contributed by atoms with Gasteiger partial charge in [-0.1, -0.05) is 27.5 Å². The van der Waals surface area contributed by atoms with Crippen molar-refractivity contribution in [1.82, 2.24) is 5.23 Å². The second-order valence-electron chi connectivity index (χ2n) is 2.48. The minimum Gasteiger partial charge on any atom is -0.354 e. The lowest BCUT2D eigenvalue weighted by Gasteiger charge is -2.07.